The predicted molar refractivity (Wildman–Crippen MR) is 92.2 cm³/mol. The molecule has 0 atom stereocenters. The van der Waals surface area contributed by atoms with Gasteiger partial charge in [-0.2, -0.15) is 5.10 Å². The number of nitrogen functional groups attached to an aromatic ring is 1. The summed E-state index contributed by atoms with van der Waals surface area (Å²) in [5.41, 5.74) is 5.87. The minimum absolute atomic E-state index is 0.00118. The van der Waals surface area contributed by atoms with Crippen LogP contribution in [-0.2, 0) is 11.3 Å². The van der Waals surface area contributed by atoms with Gasteiger partial charge in [0.15, 0.2) is 5.82 Å². The molecule has 7 nitrogen and oxygen atoms in total. The molecule has 0 aliphatic heterocycles. The van der Waals surface area contributed by atoms with E-state index in [4.69, 9.17) is 15.2 Å². The number of rotatable bonds is 4. The third-order valence-corrected chi connectivity index (χ3v) is 3.32. The van der Waals surface area contributed by atoms with E-state index in [1.165, 1.54) is 22.8 Å². The largest absolute Gasteiger partial charge is 0.494 e. The van der Waals surface area contributed by atoms with Crippen LogP contribution in [0.25, 0.3) is 5.69 Å². The summed E-state index contributed by atoms with van der Waals surface area (Å²) >= 11 is 0. The standard InChI is InChI=1S/C17H23FN4O3/c1-17(2,3)25-16(23)21(4)9-11-8-20-22(10-11)15-13(24-5)7-6-12(19)14(15)18/h6-8,10H,9,19H2,1-5H3. The van der Waals surface area contributed by atoms with Crippen LogP contribution in [0.3, 0.4) is 0 Å². The first-order valence-electron chi connectivity index (χ1n) is 7.72. The van der Waals surface area contributed by atoms with Gasteiger partial charge in [-0.25, -0.2) is 13.9 Å². The Balaban J connectivity index is 2.21. The molecule has 8 heteroatoms. The highest BCUT2D eigenvalue weighted by molar-refractivity contribution is 5.67. The van der Waals surface area contributed by atoms with Gasteiger partial charge in [-0.3, -0.25) is 0 Å². The summed E-state index contributed by atoms with van der Waals surface area (Å²) in [5.74, 6) is -0.309. The van der Waals surface area contributed by atoms with Gasteiger partial charge in [-0.1, -0.05) is 0 Å². The molecule has 0 aliphatic rings. The van der Waals surface area contributed by atoms with Crippen LogP contribution in [0.4, 0.5) is 14.9 Å². The number of amides is 1. The van der Waals surface area contributed by atoms with Crippen molar-refractivity contribution in [2.45, 2.75) is 32.9 Å². The number of benzene rings is 1. The zero-order valence-electron chi connectivity index (χ0n) is 15.0. The van der Waals surface area contributed by atoms with Crippen molar-refractivity contribution in [3.8, 4) is 11.4 Å². The average Bonchev–Trinajstić information content (AvgIpc) is 2.96. The normalized spacial score (nSPS) is 11.3. The quantitative estimate of drug-likeness (QED) is 0.857. The topological polar surface area (TPSA) is 82.6 Å². The molecule has 0 radical (unpaired) electrons. The minimum Gasteiger partial charge on any atom is -0.494 e. The summed E-state index contributed by atoms with van der Waals surface area (Å²) in [6.45, 7) is 5.66. The Kier molecular flexibility index (Phi) is 5.20. The second-order valence-corrected chi connectivity index (χ2v) is 6.65. The summed E-state index contributed by atoms with van der Waals surface area (Å²) in [6.07, 6.45) is 2.71. The second kappa shape index (κ2) is 7.00. The van der Waals surface area contributed by atoms with Crippen LogP contribution in [-0.4, -0.2) is 40.5 Å². The van der Waals surface area contributed by atoms with Crippen molar-refractivity contribution in [3.63, 3.8) is 0 Å². The lowest BCUT2D eigenvalue weighted by Crippen LogP contribution is -2.33. The monoisotopic (exact) mass is 350 g/mol. The molecular weight excluding hydrogens is 327 g/mol. The highest BCUT2D eigenvalue weighted by atomic mass is 19.1. The minimum atomic E-state index is -0.616. The Labute approximate surface area is 146 Å². The van der Waals surface area contributed by atoms with E-state index >= 15 is 0 Å². The van der Waals surface area contributed by atoms with Crippen molar-refractivity contribution in [1.82, 2.24) is 14.7 Å². The van der Waals surface area contributed by atoms with Crippen LogP contribution >= 0.6 is 0 Å². The van der Waals surface area contributed by atoms with Crippen LogP contribution in [0.1, 0.15) is 26.3 Å². The fraction of sp³-hybridized carbons (Fsp3) is 0.412. The Bertz CT molecular complexity index is 768. The molecule has 25 heavy (non-hydrogen) atoms. The zero-order chi connectivity index (χ0) is 18.8. The number of hydrogen-bond acceptors (Lipinski definition) is 5. The summed E-state index contributed by atoms with van der Waals surface area (Å²) in [5, 5.41) is 4.15. The molecule has 0 saturated heterocycles. The van der Waals surface area contributed by atoms with Crippen molar-refractivity contribution in [2.75, 3.05) is 19.9 Å². The maximum Gasteiger partial charge on any atom is 0.410 e. The van der Waals surface area contributed by atoms with Gasteiger partial charge in [0.25, 0.3) is 0 Å². The lowest BCUT2D eigenvalue weighted by molar-refractivity contribution is 0.0285. The van der Waals surface area contributed by atoms with Gasteiger partial charge in [-0.15, -0.1) is 0 Å². The number of aromatic nitrogens is 2. The molecule has 1 aromatic carbocycles. The van der Waals surface area contributed by atoms with E-state index in [2.05, 4.69) is 5.10 Å². The molecule has 0 spiro atoms. The van der Waals surface area contributed by atoms with E-state index in [-0.39, 0.29) is 17.9 Å². The molecule has 1 heterocycles. The summed E-state index contributed by atoms with van der Waals surface area (Å²) in [6, 6.07) is 3.00. The molecule has 2 N–H and O–H groups in total. The highest BCUT2D eigenvalue weighted by Crippen LogP contribution is 2.29. The van der Waals surface area contributed by atoms with Gasteiger partial charge in [-0.05, 0) is 32.9 Å². The lowest BCUT2D eigenvalue weighted by atomic mass is 10.2. The van der Waals surface area contributed by atoms with Crippen LogP contribution < -0.4 is 10.5 Å². The first kappa shape index (κ1) is 18.6. The molecule has 0 saturated carbocycles. The SMILES string of the molecule is COc1ccc(N)c(F)c1-n1cc(CN(C)C(=O)OC(C)(C)C)cn1. The molecule has 0 bridgehead atoms. The highest BCUT2D eigenvalue weighted by Gasteiger charge is 2.21. The van der Waals surface area contributed by atoms with Crippen LogP contribution in [0.15, 0.2) is 24.5 Å². The van der Waals surface area contributed by atoms with E-state index in [0.717, 1.165) is 0 Å². The Morgan fingerprint density at radius 3 is 2.68 bits per heavy atom. The molecule has 0 unspecified atom stereocenters. The van der Waals surface area contributed by atoms with E-state index < -0.39 is 17.5 Å². The van der Waals surface area contributed by atoms with Crippen molar-refractivity contribution >= 4 is 11.8 Å². The van der Waals surface area contributed by atoms with E-state index in [9.17, 15) is 9.18 Å². The maximum absolute atomic E-state index is 14.4. The average molecular weight is 350 g/mol. The van der Waals surface area contributed by atoms with E-state index in [1.54, 1.807) is 46.3 Å². The Morgan fingerprint density at radius 1 is 1.40 bits per heavy atom. The molecule has 136 valence electrons. The number of carbonyl (C=O) groups is 1. The fourth-order valence-corrected chi connectivity index (χ4v) is 2.18. The number of hydrogen-bond donors (Lipinski definition) is 1. The molecule has 0 fully saturated rings. The fourth-order valence-electron chi connectivity index (χ4n) is 2.18. The van der Waals surface area contributed by atoms with Crippen LogP contribution in [0.2, 0.25) is 0 Å². The molecule has 1 amide bonds. The van der Waals surface area contributed by atoms with Gasteiger partial charge >= 0.3 is 6.09 Å². The maximum atomic E-state index is 14.4. The number of ether oxygens (including phenoxy) is 2. The Hall–Kier alpha value is -2.77. The van der Waals surface area contributed by atoms with Gasteiger partial charge in [0.2, 0.25) is 0 Å². The second-order valence-electron chi connectivity index (χ2n) is 6.65. The summed E-state index contributed by atoms with van der Waals surface area (Å²) in [4.78, 5) is 13.4. The van der Waals surface area contributed by atoms with E-state index in [1.807, 2.05) is 0 Å². The van der Waals surface area contributed by atoms with Crippen molar-refractivity contribution in [2.24, 2.45) is 0 Å². The number of nitrogens with two attached hydrogens (primary N) is 1. The van der Waals surface area contributed by atoms with Gasteiger partial charge in [0, 0.05) is 18.8 Å². The molecule has 2 rings (SSSR count). The number of carbonyl (C=O) groups excluding carboxylic acids is 1. The van der Waals surface area contributed by atoms with Crippen molar-refractivity contribution < 1.29 is 18.7 Å². The number of halogens is 1. The smallest absolute Gasteiger partial charge is 0.410 e. The lowest BCUT2D eigenvalue weighted by Gasteiger charge is -2.24. The van der Waals surface area contributed by atoms with Crippen molar-refractivity contribution in [3.05, 3.63) is 35.9 Å². The number of methoxy groups -OCH3 is 1. The first-order chi connectivity index (χ1) is 11.6. The van der Waals surface area contributed by atoms with Crippen LogP contribution in [0.5, 0.6) is 5.75 Å². The molecule has 1 aromatic heterocycles. The van der Waals surface area contributed by atoms with Gasteiger partial charge < -0.3 is 20.1 Å². The zero-order valence-corrected chi connectivity index (χ0v) is 15.0. The Morgan fingerprint density at radius 2 is 2.08 bits per heavy atom. The summed E-state index contributed by atoms with van der Waals surface area (Å²) in [7, 11) is 3.06. The molecule has 2 aromatic rings. The number of anilines is 1. The van der Waals surface area contributed by atoms with E-state index in [0.29, 0.717) is 11.3 Å². The first-order valence-corrected chi connectivity index (χ1v) is 7.72. The van der Waals surface area contributed by atoms with Crippen molar-refractivity contribution in [1.29, 1.82) is 0 Å². The third kappa shape index (κ3) is 4.40. The van der Waals surface area contributed by atoms with Crippen LogP contribution in [0, 0.1) is 5.82 Å². The van der Waals surface area contributed by atoms with Gasteiger partial charge in [0.05, 0.1) is 25.5 Å². The third-order valence-electron chi connectivity index (χ3n) is 3.32. The molecule has 0 aliphatic carbocycles. The molecular formula is C17H23FN4O3. The predicted octanol–water partition coefficient (Wildman–Crippen LogP) is 2.97. The number of nitrogens with zero attached hydrogens (tertiary/aromatic N) is 3. The van der Waals surface area contributed by atoms with Gasteiger partial charge in [0.1, 0.15) is 17.0 Å². The summed E-state index contributed by atoms with van der Waals surface area (Å²) < 4.78 is 26.2.